The van der Waals surface area contributed by atoms with Crippen molar-refractivity contribution in [1.29, 1.82) is 0 Å². The molecule has 0 spiro atoms. The number of benzene rings is 1. The van der Waals surface area contributed by atoms with Gasteiger partial charge in [-0.1, -0.05) is 12.1 Å². The molecule has 8 nitrogen and oxygen atoms in total. The van der Waals surface area contributed by atoms with Crippen molar-refractivity contribution >= 4 is 11.9 Å². The summed E-state index contributed by atoms with van der Waals surface area (Å²) in [5.74, 6) is 2.11. The predicted octanol–water partition coefficient (Wildman–Crippen LogP) is 0.829. The fourth-order valence-corrected chi connectivity index (χ4v) is 3.64. The number of methoxy groups -OCH3 is 1. The molecule has 136 valence electrons. The van der Waals surface area contributed by atoms with Gasteiger partial charge in [0.2, 0.25) is 5.95 Å². The van der Waals surface area contributed by atoms with E-state index >= 15 is 0 Å². The summed E-state index contributed by atoms with van der Waals surface area (Å²) in [5, 5.41) is 12.2. The van der Waals surface area contributed by atoms with E-state index in [9.17, 15) is 4.79 Å². The summed E-state index contributed by atoms with van der Waals surface area (Å²) in [4.78, 5) is 21.9. The molecule has 1 aromatic heterocycles. The molecule has 2 heterocycles. The topological polar surface area (TPSA) is 99.6 Å². The lowest BCUT2D eigenvalue weighted by Gasteiger charge is -2.20. The number of hydrogen-bond acceptors (Lipinski definition) is 7. The Hall–Kier alpha value is -2.71. The lowest BCUT2D eigenvalue weighted by atomic mass is 10.2. The Bertz CT molecular complexity index is 768. The van der Waals surface area contributed by atoms with Gasteiger partial charge in [-0.3, -0.25) is 10.0 Å². The first-order chi connectivity index (χ1) is 12.7. The van der Waals surface area contributed by atoms with Crippen molar-refractivity contribution in [3.63, 3.8) is 0 Å². The second-order valence-electron chi connectivity index (χ2n) is 6.70. The third-order valence-corrected chi connectivity index (χ3v) is 5.18. The normalized spacial score (nSPS) is 23.5. The summed E-state index contributed by atoms with van der Waals surface area (Å²) in [7, 11) is 1.67. The molecule has 1 amide bonds. The van der Waals surface area contributed by atoms with Gasteiger partial charge in [-0.15, -0.1) is 0 Å². The number of amides is 1. The summed E-state index contributed by atoms with van der Waals surface area (Å²) in [6.45, 7) is 2.68. The maximum Gasteiger partial charge on any atom is 0.277 e. The van der Waals surface area contributed by atoms with Crippen molar-refractivity contribution < 1.29 is 14.7 Å². The van der Waals surface area contributed by atoms with E-state index in [2.05, 4.69) is 32.3 Å². The van der Waals surface area contributed by atoms with Crippen LogP contribution in [0.15, 0.2) is 36.7 Å². The van der Waals surface area contributed by atoms with Crippen LogP contribution in [0.2, 0.25) is 0 Å². The highest BCUT2D eigenvalue weighted by atomic mass is 16.5. The number of anilines is 1. The molecule has 3 N–H and O–H groups in total. The minimum absolute atomic E-state index is 0.236. The summed E-state index contributed by atoms with van der Waals surface area (Å²) >= 11 is 0. The Balaban J connectivity index is 1.27. The molecule has 1 saturated carbocycles. The highest BCUT2D eigenvalue weighted by Crippen LogP contribution is 2.46. The minimum Gasteiger partial charge on any atom is -0.497 e. The van der Waals surface area contributed by atoms with Crippen molar-refractivity contribution in [2.45, 2.75) is 12.6 Å². The van der Waals surface area contributed by atoms with Crippen molar-refractivity contribution in [3.8, 4) is 5.75 Å². The molecule has 0 bridgehead atoms. The summed E-state index contributed by atoms with van der Waals surface area (Å²) in [6, 6.07) is 8.64. The Labute approximate surface area is 151 Å². The Morgan fingerprint density at radius 3 is 2.46 bits per heavy atom. The molecule has 26 heavy (non-hydrogen) atoms. The van der Waals surface area contributed by atoms with Gasteiger partial charge in [0, 0.05) is 38.1 Å². The Kier molecular flexibility index (Phi) is 4.44. The smallest absolute Gasteiger partial charge is 0.277 e. The number of carbonyl (C=O) groups excluding carboxylic acids is 1. The van der Waals surface area contributed by atoms with Crippen molar-refractivity contribution in [1.82, 2.24) is 20.8 Å². The quantitative estimate of drug-likeness (QED) is 0.521. The second-order valence-corrected chi connectivity index (χ2v) is 6.70. The van der Waals surface area contributed by atoms with Crippen LogP contribution >= 0.6 is 0 Å². The number of hydroxylamine groups is 1. The molecule has 1 aliphatic carbocycles. The van der Waals surface area contributed by atoms with E-state index in [1.165, 1.54) is 18.0 Å². The first kappa shape index (κ1) is 16.7. The number of nitrogens with zero attached hydrogens (tertiary/aromatic N) is 3. The highest BCUT2D eigenvalue weighted by molar-refractivity contribution is 5.92. The van der Waals surface area contributed by atoms with E-state index in [0.29, 0.717) is 23.8 Å². The van der Waals surface area contributed by atoms with Crippen molar-refractivity contribution in [2.24, 2.45) is 11.8 Å². The number of rotatable bonds is 6. The predicted molar refractivity (Wildman–Crippen MR) is 94.1 cm³/mol. The van der Waals surface area contributed by atoms with E-state index in [4.69, 9.17) is 9.94 Å². The third kappa shape index (κ3) is 3.21. The van der Waals surface area contributed by atoms with Crippen LogP contribution in [0, 0.1) is 11.8 Å². The molecule has 8 heteroatoms. The van der Waals surface area contributed by atoms with Gasteiger partial charge in [-0.25, -0.2) is 15.4 Å². The first-order valence-electron chi connectivity index (χ1n) is 8.57. The van der Waals surface area contributed by atoms with Gasteiger partial charge in [0.15, 0.2) is 0 Å². The standard InChI is InChI=1S/C18H21N5O3/c1-26-13-4-2-11(3-5-13)6-19-16-14-9-23(10-15(14)16)18-20-7-12(8-21-18)17(24)22-25/h2-5,7-8,14-16,19,25H,6,9-10H2,1H3,(H,22,24)/t14-,15+,16?. The molecule has 1 aromatic carbocycles. The summed E-state index contributed by atoms with van der Waals surface area (Å²) < 4.78 is 5.18. The van der Waals surface area contributed by atoms with Gasteiger partial charge >= 0.3 is 0 Å². The van der Waals surface area contributed by atoms with Gasteiger partial charge in [-0.2, -0.15) is 0 Å². The van der Waals surface area contributed by atoms with E-state index in [-0.39, 0.29) is 5.56 Å². The Morgan fingerprint density at radius 2 is 1.88 bits per heavy atom. The molecule has 2 aromatic rings. The third-order valence-electron chi connectivity index (χ3n) is 5.18. The van der Waals surface area contributed by atoms with Crippen LogP contribution in [0.25, 0.3) is 0 Å². The summed E-state index contributed by atoms with van der Waals surface area (Å²) in [6.07, 6.45) is 2.86. The van der Waals surface area contributed by atoms with E-state index in [0.717, 1.165) is 25.4 Å². The largest absolute Gasteiger partial charge is 0.497 e. The molecule has 0 radical (unpaired) electrons. The Morgan fingerprint density at radius 1 is 1.23 bits per heavy atom. The molecule has 1 aliphatic heterocycles. The van der Waals surface area contributed by atoms with Gasteiger partial charge in [0.25, 0.3) is 5.91 Å². The maximum absolute atomic E-state index is 11.3. The average Bonchev–Trinajstić information content (AvgIpc) is 3.15. The monoisotopic (exact) mass is 355 g/mol. The number of aromatic nitrogens is 2. The van der Waals surface area contributed by atoms with Gasteiger partial charge in [0.1, 0.15) is 5.75 Å². The first-order valence-corrected chi connectivity index (χ1v) is 8.57. The van der Waals surface area contributed by atoms with Gasteiger partial charge in [0.05, 0.1) is 12.7 Å². The molecule has 1 saturated heterocycles. The molecular weight excluding hydrogens is 334 g/mol. The van der Waals surface area contributed by atoms with Gasteiger partial charge < -0.3 is 15.0 Å². The second kappa shape index (κ2) is 6.89. The zero-order chi connectivity index (χ0) is 18.1. The number of fused-ring (bicyclic) bond motifs is 1. The van der Waals surface area contributed by atoms with Crippen molar-refractivity contribution in [3.05, 3.63) is 47.8 Å². The van der Waals surface area contributed by atoms with Crippen molar-refractivity contribution in [2.75, 3.05) is 25.1 Å². The van der Waals surface area contributed by atoms with Crippen LogP contribution < -0.4 is 20.4 Å². The van der Waals surface area contributed by atoms with Crippen LogP contribution in [-0.2, 0) is 6.54 Å². The SMILES string of the molecule is COc1ccc(CNC2[C@H]3CN(c4ncc(C(=O)NO)cn4)C[C@@H]23)cc1. The van der Waals surface area contributed by atoms with Gasteiger partial charge in [-0.05, 0) is 29.5 Å². The molecule has 3 atom stereocenters. The fraction of sp³-hybridized carbons (Fsp3) is 0.389. The summed E-state index contributed by atoms with van der Waals surface area (Å²) in [5.41, 5.74) is 3.06. The number of piperidine rings is 1. The lowest BCUT2D eigenvalue weighted by molar-refractivity contribution is 0.0705. The number of ether oxygens (including phenoxy) is 1. The zero-order valence-electron chi connectivity index (χ0n) is 14.4. The zero-order valence-corrected chi connectivity index (χ0v) is 14.4. The maximum atomic E-state index is 11.3. The van der Waals surface area contributed by atoms with Crippen LogP contribution in [0.4, 0.5) is 5.95 Å². The number of nitrogens with one attached hydrogen (secondary N) is 2. The minimum atomic E-state index is -0.608. The lowest BCUT2D eigenvalue weighted by Crippen LogP contribution is -2.32. The highest BCUT2D eigenvalue weighted by Gasteiger charge is 2.55. The number of hydrogen-bond donors (Lipinski definition) is 3. The molecule has 1 unspecified atom stereocenters. The van der Waals surface area contributed by atoms with E-state index < -0.39 is 5.91 Å². The van der Waals surface area contributed by atoms with Crippen LogP contribution in [-0.4, -0.2) is 47.3 Å². The van der Waals surface area contributed by atoms with Crippen LogP contribution in [0.1, 0.15) is 15.9 Å². The molecule has 2 fully saturated rings. The number of carbonyl (C=O) groups is 1. The van der Waals surface area contributed by atoms with E-state index in [1.807, 2.05) is 12.1 Å². The fourth-order valence-electron chi connectivity index (χ4n) is 3.64. The average molecular weight is 355 g/mol. The molecule has 2 aliphatic rings. The molecular formula is C18H21N5O3. The van der Waals surface area contributed by atoms with Crippen LogP contribution in [0.5, 0.6) is 5.75 Å². The van der Waals surface area contributed by atoms with E-state index in [1.54, 1.807) is 12.6 Å². The van der Waals surface area contributed by atoms with Crippen LogP contribution in [0.3, 0.4) is 0 Å². The molecule has 4 rings (SSSR count).